The Morgan fingerprint density at radius 1 is 1.15 bits per heavy atom. The van der Waals surface area contributed by atoms with Gasteiger partial charge in [0.1, 0.15) is 0 Å². The fourth-order valence-electron chi connectivity index (χ4n) is 2.41. The first-order valence-electron chi connectivity index (χ1n) is 6.65. The van der Waals surface area contributed by atoms with Crippen LogP contribution in [0, 0.1) is 13.8 Å². The van der Waals surface area contributed by atoms with Gasteiger partial charge in [0, 0.05) is 5.56 Å². The van der Waals surface area contributed by atoms with Crippen molar-refractivity contribution < 1.29 is 4.79 Å². The van der Waals surface area contributed by atoms with Gasteiger partial charge < -0.3 is 4.57 Å². The van der Waals surface area contributed by atoms with E-state index in [1.54, 1.807) is 6.33 Å². The Morgan fingerprint density at radius 3 is 2.80 bits per heavy atom. The van der Waals surface area contributed by atoms with Crippen LogP contribution in [0.25, 0.3) is 11.0 Å². The van der Waals surface area contributed by atoms with Gasteiger partial charge >= 0.3 is 0 Å². The molecule has 0 aliphatic carbocycles. The lowest BCUT2D eigenvalue weighted by Gasteiger charge is -2.07. The molecule has 0 atom stereocenters. The molecule has 3 rings (SSSR count). The number of imidazole rings is 1. The van der Waals surface area contributed by atoms with Crippen molar-refractivity contribution in [3.05, 3.63) is 65.5 Å². The molecule has 0 spiro atoms. The summed E-state index contributed by atoms with van der Waals surface area (Å²) in [6.45, 7) is 4.30. The molecule has 0 saturated carbocycles. The average Bonchev–Trinajstić information content (AvgIpc) is 2.85. The van der Waals surface area contributed by atoms with E-state index < -0.39 is 0 Å². The minimum atomic E-state index is 0.120. The second kappa shape index (κ2) is 4.93. The zero-order valence-electron chi connectivity index (χ0n) is 11.6. The van der Waals surface area contributed by atoms with Crippen molar-refractivity contribution in [2.45, 2.75) is 20.4 Å². The number of carbonyl (C=O) groups excluding carboxylic acids is 1. The quantitative estimate of drug-likeness (QED) is 0.678. The molecule has 1 aromatic heterocycles. The Morgan fingerprint density at radius 2 is 1.95 bits per heavy atom. The Balaban J connectivity index is 1.94. The van der Waals surface area contributed by atoms with E-state index in [9.17, 15) is 4.79 Å². The number of ketones is 1. The molecule has 0 N–H and O–H groups in total. The van der Waals surface area contributed by atoms with Crippen LogP contribution in [-0.2, 0) is 6.54 Å². The molecule has 0 saturated heterocycles. The number of aromatic nitrogens is 2. The largest absolute Gasteiger partial charge is 0.323 e. The molecule has 3 aromatic rings. The summed E-state index contributed by atoms with van der Waals surface area (Å²) in [5.41, 5.74) is 4.83. The van der Waals surface area contributed by atoms with E-state index in [-0.39, 0.29) is 5.78 Å². The van der Waals surface area contributed by atoms with Crippen molar-refractivity contribution in [3.63, 3.8) is 0 Å². The predicted molar refractivity (Wildman–Crippen MR) is 80.0 cm³/mol. The second-order valence-electron chi connectivity index (χ2n) is 5.10. The minimum absolute atomic E-state index is 0.120. The summed E-state index contributed by atoms with van der Waals surface area (Å²) in [4.78, 5) is 16.8. The van der Waals surface area contributed by atoms with Gasteiger partial charge in [-0.2, -0.15) is 0 Å². The zero-order chi connectivity index (χ0) is 14.1. The highest BCUT2D eigenvalue weighted by molar-refractivity contribution is 5.98. The third kappa shape index (κ3) is 2.23. The summed E-state index contributed by atoms with van der Waals surface area (Å²) in [6.07, 6.45) is 1.73. The monoisotopic (exact) mass is 264 g/mol. The molecule has 20 heavy (non-hydrogen) atoms. The van der Waals surface area contributed by atoms with E-state index >= 15 is 0 Å². The van der Waals surface area contributed by atoms with E-state index in [1.807, 2.05) is 60.9 Å². The van der Waals surface area contributed by atoms with Gasteiger partial charge in [-0.1, -0.05) is 29.8 Å². The Kier molecular flexibility index (Phi) is 3.11. The van der Waals surface area contributed by atoms with Crippen molar-refractivity contribution in [3.8, 4) is 0 Å². The van der Waals surface area contributed by atoms with Crippen molar-refractivity contribution in [1.29, 1.82) is 0 Å². The summed E-state index contributed by atoms with van der Waals surface area (Å²) >= 11 is 0. The van der Waals surface area contributed by atoms with Gasteiger partial charge in [0.2, 0.25) is 0 Å². The molecule has 0 fully saturated rings. The molecule has 1 heterocycles. The van der Waals surface area contributed by atoms with Gasteiger partial charge in [-0.25, -0.2) is 4.98 Å². The van der Waals surface area contributed by atoms with Gasteiger partial charge in [0.15, 0.2) is 5.78 Å². The fraction of sp³-hybridized carbons (Fsp3) is 0.176. The molecule has 100 valence electrons. The number of carbonyl (C=O) groups is 1. The molecule has 0 bridgehead atoms. The Labute approximate surface area is 117 Å². The van der Waals surface area contributed by atoms with E-state index in [0.29, 0.717) is 6.54 Å². The van der Waals surface area contributed by atoms with Crippen LogP contribution in [0.1, 0.15) is 21.5 Å². The lowest BCUT2D eigenvalue weighted by Crippen LogP contribution is -2.11. The molecule has 0 unspecified atom stereocenters. The van der Waals surface area contributed by atoms with Gasteiger partial charge in [-0.3, -0.25) is 4.79 Å². The maximum Gasteiger partial charge on any atom is 0.182 e. The smallest absolute Gasteiger partial charge is 0.182 e. The SMILES string of the molecule is Cc1ccc(C)c(C(=O)Cn2cnc3ccccc32)c1. The second-order valence-corrected chi connectivity index (χ2v) is 5.10. The molecule has 0 amide bonds. The number of hydrogen-bond donors (Lipinski definition) is 0. The maximum atomic E-state index is 12.5. The van der Waals surface area contributed by atoms with E-state index in [0.717, 1.165) is 27.7 Å². The lowest BCUT2D eigenvalue weighted by atomic mass is 10.0. The highest BCUT2D eigenvalue weighted by Gasteiger charge is 2.11. The zero-order valence-corrected chi connectivity index (χ0v) is 11.6. The highest BCUT2D eigenvalue weighted by atomic mass is 16.1. The van der Waals surface area contributed by atoms with Crippen LogP contribution in [0.2, 0.25) is 0 Å². The molecule has 3 heteroatoms. The van der Waals surface area contributed by atoms with Crippen molar-refractivity contribution in [1.82, 2.24) is 9.55 Å². The number of aryl methyl sites for hydroxylation is 2. The van der Waals surface area contributed by atoms with E-state index in [1.165, 1.54) is 0 Å². The summed E-state index contributed by atoms with van der Waals surface area (Å²) < 4.78 is 1.90. The minimum Gasteiger partial charge on any atom is -0.323 e. The van der Waals surface area contributed by atoms with Gasteiger partial charge in [0.25, 0.3) is 0 Å². The molecule has 3 nitrogen and oxygen atoms in total. The first-order chi connectivity index (χ1) is 9.65. The number of para-hydroxylation sites is 2. The Hall–Kier alpha value is -2.42. The lowest BCUT2D eigenvalue weighted by molar-refractivity contribution is 0.0972. The van der Waals surface area contributed by atoms with Gasteiger partial charge in [0.05, 0.1) is 23.9 Å². The van der Waals surface area contributed by atoms with Crippen molar-refractivity contribution in [2.75, 3.05) is 0 Å². The van der Waals surface area contributed by atoms with Crippen LogP contribution in [0.3, 0.4) is 0 Å². The van der Waals surface area contributed by atoms with Crippen LogP contribution < -0.4 is 0 Å². The number of rotatable bonds is 3. The van der Waals surface area contributed by atoms with Crippen LogP contribution in [0.15, 0.2) is 48.8 Å². The first kappa shape index (κ1) is 12.6. The average molecular weight is 264 g/mol. The van der Waals surface area contributed by atoms with Crippen LogP contribution in [0.5, 0.6) is 0 Å². The number of nitrogens with zero attached hydrogens (tertiary/aromatic N) is 2. The summed E-state index contributed by atoms with van der Waals surface area (Å²) in [5.74, 6) is 0.120. The first-order valence-corrected chi connectivity index (χ1v) is 6.65. The molecule has 0 aliphatic heterocycles. The number of hydrogen-bond acceptors (Lipinski definition) is 2. The third-order valence-corrected chi connectivity index (χ3v) is 3.53. The third-order valence-electron chi connectivity index (χ3n) is 3.53. The molecule has 0 aliphatic rings. The van der Waals surface area contributed by atoms with Crippen LogP contribution >= 0.6 is 0 Å². The van der Waals surface area contributed by atoms with E-state index in [2.05, 4.69) is 4.98 Å². The highest BCUT2D eigenvalue weighted by Crippen LogP contribution is 2.15. The maximum absolute atomic E-state index is 12.5. The normalized spacial score (nSPS) is 10.9. The number of benzene rings is 2. The number of fused-ring (bicyclic) bond motifs is 1. The molecule has 2 aromatic carbocycles. The predicted octanol–water partition coefficient (Wildman–Crippen LogP) is 3.54. The fourth-order valence-corrected chi connectivity index (χ4v) is 2.41. The Bertz CT molecular complexity index is 787. The summed E-state index contributed by atoms with van der Waals surface area (Å²) in [7, 11) is 0. The van der Waals surface area contributed by atoms with E-state index in [4.69, 9.17) is 0 Å². The topological polar surface area (TPSA) is 34.9 Å². The van der Waals surface area contributed by atoms with Gasteiger partial charge in [-0.05, 0) is 37.6 Å². The standard InChI is InChI=1S/C17H16N2O/c1-12-7-8-13(2)14(9-12)17(20)10-19-11-18-15-5-3-4-6-16(15)19/h3-9,11H,10H2,1-2H3. The van der Waals surface area contributed by atoms with Crippen molar-refractivity contribution in [2.24, 2.45) is 0 Å². The van der Waals surface area contributed by atoms with Crippen molar-refractivity contribution >= 4 is 16.8 Å². The molecular weight excluding hydrogens is 248 g/mol. The molecule has 0 radical (unpaired) electrons. The number of Topliss-reactive ketones (excluding diaryl/α,β-unsaturated/α-hetero) is 1. The van der Waals surface area contributed by atoms with Crippen LogP contribution in [-0.4, -0.2) is 15.3 Å². The summed E-state index contributed by atoms with van der Waals surface area (Å²) in [6, 6.07) is 13.8. The summed E-state index contributed by atoms with van der Waals surface area (Å²) in [5, 5.41) is 0. The van der Waals surface area contributed by atoms with Gasteiger partial charge in [-0.15, -0.1) is 0 Å². The van der Waals surface area contributed by atoms with Crippen LogP contribution in [0.4, 0.5) is 0 Å². The molecular formula is C17H16N2O.